The molecule has 0 bridgehead atoms. The third-order valence-corrected chi connectivity index (χ3v) is 8.85. The zero-order chi connectivity index (χ0) is 46.7. The Balaban J connectivity index is 0.000000701. The second-order valence-corrected chi connectivity index (χ2v) is 13.5. The van der Waals surface area contributed by atoms with Gasteiger partial charge in [0.2, 0.25) is 11.9 Å². The zero-order valence-corrected chi connectivity index (χ0v) is 34.2. The van der Waals surface area contributed by atoms with Crippen LogP contribution in [0.5, 0.6) is 5.75 Å². The molecule has 342 valence electrons. The molecule has 1 aromatic carbocycles. The number of aliphatic carboxylic acids is 3. The van der Waals surface area contributed by atoms with Crippen molar-refractivity contribution in [3.05, 3.63) is 79.2 Å². The van der Waals surface area contributed by atoms with E-state index in [-0.39, 0.29) is 49.6 Å². The van der Waals surface area contributed by atoms with Gasteiger partial charge in [0, 0.05) is 38.7 Å². The average Bonchev–Trinajstić information content (AvgIpc) is 3.70. The molecule has 0 spiro atoms. The molecular formula is C35H42ClN9O18. The fraction of sp³-hybridized carbons (Fsp3) is 0.457. The van der Waals surface area contributed by atoms with Crippen LogP contribution in [0.4, 0.5) is 17.7 Å². The minimum Gasteiger partial charge on any atom is -0.495 e. The number of nitrogens with zero attached hydrogens (tertiary/aromatic N) is 8. The minimum atomic E-state index is -2.74. The summed E-state index contributed by atoms with van der Waals surface area (Å²) in [6.07, 6.45) is 2.05. The van der Waals surface area contributed by atoms with Crippen molar-refractivity contribution >= 4 is 59.1 Å². The molecule has 3 heterocycles. The van der Waals surface area contributed by atoms with Crippen LogP contribution in [0.1, 0.15) is 48.0 Å². The summed E-state index contributed by atoms with van der Waals surface area (Å²) in [5.41, 5.74) is -1.77. The number of carboxylic acids is 3. The van der Waals surface area contributed by atoms with Gasteiger partial charge >= 0.3 is 23.9 Å². The zero-order valence-electron chi connectivity index (χ0n) is 33.4. The van der Waals surface area contributed by atoms with E-state index in [1.807, 2.05) is 11.0 Å². The first-order chi connectivity index (χ1) is 29.8. The molecule has 2 aromatic heterocycles. The second kappa shape index (κ2) is 24.3. The summed E-state index contributed by atoms with van der Waals surface area (Å²) in [7, 11) is 3.06. The summed E-state index contributed by atoms with van der Waals surface area (Å²) < 4.78 is 15.9. The van der Waals surface area contributed by atoms with E-state index in [0.29, 0.717) is 29.7 Å². The van der Waals surface area contributed by atoms with E-state index in [4.69, 9.17) is 51.2 Å². The van der Waals surface area contributed by atoms with E-state index in [0.717, 1.165) is 12.0 Å². The van der Waals surface area contributed by atoms with Crippen molar-refractivity contribution in [1.29, 1.82) is 0 Å². The van der Waals surface area contributed by atoms with Crippen LogP contribution in [0.2, 0.25) is 5.02 Å². The normalized spacial score (nSPS) is 13.7. The van der Waals surface area contributed by atoms with Gasteiger partial charge in [0.05, 0.1) is 50.7 Å². The number of benzene rings is 1. The number of amides is 1. The monoisotopic (exact) mass is 911 g/mol. The topological polar surface area (TPSA) is 369 Å². The quantitative estimate of drug-likeness (QED) is 0.0365. The lowest BCUT2D eigenvalue weighted by Gasteiger charge is -2.25. The number of nitrogens with one attached hydrogen (secondary N) is 1. The van der Waals surface area contributed by atoms with Crippen LogP contribution in [-0.2, 0) is 44.9 Å². The van der Waals surface area contributed by atoms with Crippen molar-refractivity contribution < 1.29 is 78.5 Å². The van der Waals surface area contributed by atoms with Crippen LogP contribution in [-0.4, -0.2) is 145 Å². The van der Waals surface area contributed by atoms with Crippen molar-refractivity contribution in [2.45, 2.75) is 56.4 Å². The number of rotatable bonds is 24. The van der Waals surface area contributed by atoms with E-state index >= 15 is 0 Å². The van der Waals surface area contributed by atoms with Gasteiger partial charge in [-0.05, 0) is 36.6 Å². The van der Waals surface area contributed by atoms with E-state index in [1.54, 1.807) is 18.2 Å². The fourth-order valence-electron chi connectivity index (χ4n) is 5.54. The van der Waals surface area contributed by atoms with Crippen molar-refractivity contribution in [2.75, 3.05) is 62.2 Å². The number of aliphatic hydroxyl groups is 1. The molecule has 0 aliphatic carbocycles. The molecule has 3 aromatic rings. The van der Waals surface area contributed by atoms with Gasteiger partial charge in [0.15, 0.2) is 11.7 Å². The van der Waals surface area contributed by atoms with Crippen LogP contribution < -0.4 is 19.9 Å². The molecule has 1 saturated heterocycles. The predicted molar refractivity (Wildman–Crippen MR) is 211 cm³/mol. The number of ether oxygens (including phenoxy) is 3. The molecule has 63 heavy (non-hydrogen) atoms. The van der Waals surface area contributed by atoms with Gasteiger partial charge in [-0.1, -0.05) is 17.7 Å². The van der Waals surface area contributed by atoms with Crippen molar-refractivity contribution in [3.8, 4) is 5.75 Å². The Morgan fingerprint density at radius 3 is 2.32 bits per heavy atom. The molecule has 27 nitrogen and oxygen atoms in total. The van der Waals surface area contributed by atoms with E-state index in [9.17, 15) is 44.2 Å². The number of methoxy groups -OCH3 is 1. The lowest BCUT2D eigenvalue weighted by atomic mass is 9.96. The Labute approximate surface area is 360 Å². The van der Waals surface area contributed by atoms with Crippen LogP contribution in [0.25, 0.3) is 0 Å². The molecule has 1 fully saturated rings. The maximum absolute atomic E-state index is 13.6. The number of hydrogen-bond acceptors (Lipinski definition) is 21. The largest absolute Gasteiger partial charge is 0.495 e. The van der Waals surface area contributed by atoms with E-state index < -0.39 is 77.7 Å². The highest BCUT2D eigenvalue weighted by molar-refractivity contribution is 6.32. The highest BCUT2D eigenvalue weighted by Crippen LogP contribution is 2.28. The van der Waals surface area contributed by atoms with Crippen LogP contribution in [0, 0.1) is 20.2 Å². The minimum absolute atomic E-state index is 0.00774. The third-order valence-electron chi connectivity index (χ3n) is 8.55. The highest BCUT2D eigenvalue weighted by Gasteiger charge is 2.41. The number of aromatic nitrogens is 4. The first-order valence-corrected chi connectivity index (χ1v) is 18.7. The van der Waals surface area contributed by atoms with Gasteiger partial charge < -0.3 is 54.5 Å². The van der Waals surface area contributed by atoms with Gasteiger partial charge in [0.1, 0.15) is 30.3 Å². The Morgan fingerprint density at radius 1 is 1.05 bits per heavy atom. The summed E-state index contributed by atoms with van der Waals surface area (Å²) >= 11 is 6.31. The first kappa shape index (κ1) is 50.1. The van der Waals surface area contributed by atoms with Gasteiger partial charge in [-0.25, -0.2) is 19.7 Å². The summed E-state index contributed by atoms with van der Waals surface area (Å²) in [5.74, 6) is -4.80. The molecule has 0 radical (unpaired) electrons. The van der Waals surface area contributed by atoms with E-state index in [2.05, 4.69) is 29.9 Å². The number of carbonyl (C=O) groups excluding carboxylic acids is 2. The Hall–Kier alpha value is -7.26. The fourth-order valence-corrected chi connectivity index (χ4v) is 5.82. The maximum Gasteiger partial charge on any atom is 0.336 e. The van der Waals surface area contributed by atoms with Crippen molar-refractivity contribution in [1.82, 2.24) is 19.9 Å². The standard InChI is InChI=1S/C29H34ClN9O11.C6H8O7/c1-36(28-31-9-4-10-32-28)27(41)22-15-34-29(35-26(22)33-14-19-6-7-24(46-2)23(30)13-19)37-11-3-5-20(37)16-48-25(40)8-12-47-17-21(50-39(44)45)18-49-38(42)43;7-3(8)1-6(13,5(11)12)2-4(9)10/h4,6-7,9-10,13,15,20-21H,3,5,8,11-12,14,16-18H2,1-2H3,(H,33,34,35);13H,1-2H2,(H,7,8)(H,9,10)(H,11,12)/t20-,21-;/m0./s1. The number of anilines is 3. The number of halogens is 1. The SMILES string of the molecule is COc1ccc(CNc2nc(N3CCC[C@H]3COC(=O)CCOC[C@@H](CO[N+](=O)[O-])O[N+](=O)[O-])ncc2C(=O)N(C)c2ncccn2)cc1Cl.O=C(O)CC(O)(CC(=O)O)C(=O)O. The Morgan fingerprint density at radius 2 is 1.73 bits per heavy atom. The summed E-state index contributed by atoms with van der Waals surface area (Å²) in [5, 5.41) is 56.2. The predicted octanol–water partition coefficient (Wildman–Crippen LogP) is 1.27. The Kier molecular flexibility index (Phi) is 19.3. The van der Waals surface area contributed by atoms with Gasteiger partial charge in [-0.15, -0.1) is 20.2 Å². The number of carboxylic acid groups (broad SMARTS) is 3. The van der Waals surface area contributed by atoms with Crippen molar-refractivity contribution in [2.24, 2.45) is 0 Å². The molecule has 28 heteroatoms. The first-order valence-electron chi connectivity index (χ1n) is 18.3. The Bertz CT molecular complexity index is 2070. The second-order valence-electron chi connectivity index (χ2n) is 13.1. The van der Waals surface area contributed by atoms with Gasteiger partial charge in [-0.3, -0.25) is 24.1 Å². The number of carbonyl (C=O) groups is 5. The summed E-state index contributed by atoms with van der Waals surface area (Å²) in [4.78, 5) is 106. The highest BCUT2D eigenvalue weighted by atomic mass is 35.5. The molecule has 0 unspecified atom stereocenters. The molecule has 2 atom stereocenters. The lowest BCUT2D eigenvalue weighted by molar-refractivity contribution is -0.790. The van der Waals surface area contributed by atoms with Gasteiger partial charge in [-0.2, -0.15) is 4.98 Å². The van der Waals surface area contributed by atoms with Gasteiger partial charge in [0.25, 0.3) is 16.1 Å². The third kappa shape index (κ3) is 16.3. The van der Waals surface area contributed by atoms with Crippen LogP contribution in [0.3, 0.4) is 0 Å². The van der Waals surface area contributed by atoms with Crippen molar-refractivity contribution in [3.63, 3.8) is 0 Å². The smallest absolute Gasteiger partial charge is 0.336 e. The molecule has 1 aliphatic heterocycles. The lowest BCUT2D eigenvalue weighted by Crippen LogP contribution is -2.42. The molecule has 5 N–H and O–H groups in total. The summed E-state index contributed by atoms with van der Waals surface area (Å²) in [6, 6.07) is 6.66. The average molecular weight is 912 g/mol. The van der Waals surface area contributed by atoms with E-state index in [1.165, 1.54) is 37.6 Å². The van der Waals surface area contributed by atoms with Crippen LogP contribution in [0.15, 0.2) is 42.9 Å². The summed E-state index contributed by atoms with van der Waals surface area (Å²) in [6.45, 7) is -0.500. The molecule has 4 rings (SSSR count). The molecule has 0 saturated carbocycles. The number of esters is 1. The van der Waals surface area contributed by atoms with Crippen LogP contribution >= 0.6 is 11.6 Å². The molecule has 1 amide bonds. The number of hydrogen-bond donors (Lipinski definition) is 5. The maximum atomic E-state index is 13.6. The molecule has 1 aliphatic rings. The molecular weight excluding hydrogens is 870 g/mol.